The number of nitrogens with zero attached hydrogens (tertiary/aromatic N) is 2. The molecule has 0 amide bonds. The second-order valence-electron chi connectivity index (χ2n) is 5.34. The van der Waals surface area contributed by atoms with Gasteiger partial charge in [0.2, 0.25) is 0 Å². The van der Waals surface area contributed by atoms with Crippen LogP contribution in [0.1, 0.15) is 25.5 Å². The summed E-state index contributed by atoms with van der Waals surface area (Å²) in [5.74, 6) is 2.31. The Bertz CT molecular complexity index is 495. The largest absolute Gasteiger partial charge is 0.493 e. The summed E-state index contributed by atoms with van der Waals surface area (Å²) in [6.45, 7) is 6.46. The third-order valence-corrected chi connectivity index (χ3v) is 3.53. The van der Waals surface area contributed by atoms with E-state index in [4.69, 9.17) is 9.47 Å². The number of nitrogens with one attached hydrogen (secondary N) is 2. The average molecular weight is 322 g/mol. The van der Waals surface area contributed by atoms with Gasteiger partial charge >= 0.3 is 0 Å². The molecule has 0 fully saturated rings. The van der Waals surface area contributed by atoms with Crippen molar-refractivity contribution in [2.75, 3.05) is 47.9 Å². The van der Waals surface area contributed by atoms with Gasteiger partial charge in [0, 0.05) is 13.1 Å². The molecule has 23 heavy (non-hydrogen) atoms. The van der Waals surface area contributed by atoms with Gasteiger partial charge in [-0.2, -0.15) is 0 Å². The number of methoxy groups -OCH3 is 2. The lowest BCUT2D eigenvalue weighted by Gasteiger charge is -2.24. The standard InChI is InChI=1S/C17H30N4O2/c1-7-18-17(19-8-2)20-12-14(21(3)4)13-9-10-15(22-5)16(11-13)23-6/h9-11,14H,7-8,12H2,1-6H3,(H2,18,19,20). The molecular formula is C17H30N4O2. The first-order chi connectivity index (χ1) is 11.1. The van der Waals surface area contributed by atoms with Gasteiger partial charge in [-0.05, 0) is 45.6 Å². The van der Waals surface area contributed by atoms with Crippen LogP contribution in [0, 0.1) is 0 Å². The summed E-state index contributed by atoms with van der Waals surface area (Å²) in [6.07, 6.45) is 0. The van der Waals surface area contributed by atoms with Crippen LogP contribution in [-0.4, -0.2) is 58.8 Å². The average Bonchev–Trinajstić information content (AvgIpc) is 2.54. The number of likely N-dealkylation sites (N-methyl/N-ethyl adjacent to an activating group) is 1. The van der Waals surface area contributed by atoms with Crippen LogP contribution in [0.3, 0.4) is 0 Å². The minimum Gasteiger partial charge on any atom is -0.493 e. The summed E-state index contributed by atoms with van der Waals surface area (Å²) in [4.78, 5) is 6.83. The first-order valence-electron chi connectivity index (χ1n) is 7.97. The highest BCUT2D eigenvalue weighted by atomic mass is 16.5. The van der Waals surface area contributed by atoms with Gasteiger partial charge in [0.15, 0.2) is 17.5 Å². The highest BCUT2D eigenvalue weighted by Crippen LogP contribution is 2.31. The van der Waals surface area contributed by atoms with E-state index in [9.17, 15) is 0 Å². The number of aliphatic imine (C=N–C) groups is 1. The van der Waals surface area contributed by atoms with Gasteiger partial charge in [-0.25, -0.2) is 0 Å². The van der Waals surface area contributed by atoms with Crippen molar-refractivity contribution >= 4 is 5.96 Å². The van der Waals surface area contributed by atoms with Crippen molar-refractivity contribution < 1.29 is 9.47 Å². The Balaban J connectivity index is 3.00. The number of ether oxygens (including phenoxy) is 2. The molecule has 0 aromatic heterocycles. The molecule has 0 spiro atoms. The van der Waals surface area contributed by atoms with E-state index in [1.807, 2.05) is 12.1 Å². The smallest absolute Gasteiger partial charge is 0.191 e. The molecule has 1 unspecified atom stereocenters. The number of guanidine groups is 1. The van der Waals surface area contributed by atoms with E-state index in [0.717, 1.165) is 36.1 Å². The van der Waals surface area contributed by atoms with E-state index in [0.29, 0.717) is 6.54 Å². The van der Waals surface area contributed by atoms with Crippen molar-refractivity contribution in [3.05, 3.63) is 23.8 Å². The fourth-order valence-corrected chi connectivity index (χ4v) is 2.31. The van der Waals surface area contributed by atoms with Crippen LogP contribution in [0.5, 0.6) is 11.5 Å². The number of benzene rings is 1. The van der Waals surface area contributed by atoms with Gasteiger partial charge in [0.05, 0.1) is 26.8 Å². The second-order valence-corrected chi connectivity index (χ2v) is 5.34. The molecule has 0 aliphatic carbocycles. The van der Waals surface area contributed by atoms with Crippen molar-refractivity contribution in [3.63, 3.8) is 0 Å². The fraction of sp³-hybridized carbons (Fsp3) is 0.588. The molecule has 2 N–H and O–H groups in total. The molecule has 1 aromatic carbocycles. The van der Waals surface area contributed by atoms with Gasteiger partial charge in [-0.15, -0.1) is 0 Å². The van der Waals surface area contributed by atoms with Crippen molar-refractivity contribution in [3.8, 4) is 11.5 Å². The van der Waals surface area contributed by atoms with Crippen LogP contribution in [0.2, 0.25) is 0 Å². The molecular weight excluding hydrogens is 292 g/mol. The van der Waals surface area contributed by atoms with Crippen LogP contribution >= 0.6 is 0 Å². The summed E-state index contributed by atoms with van der Waals surface area (Å²) in [7, 11) is 7.40. The Morgan fingerprint density at radius 2 is 1.70 bits per heavy atom. The molecule has 130 valence electrons. The van der Waals surface area contributed by atoms with Crippen molar-refractivity contribution in [2.24, 2.45) is 4.99 Å². The molecule has 0 saturated heterocycles. The number of hydrogen-bond donors (Lipinski definition) is 2. The Labute approximate surface area is 139 Å². The molecule has 6 heteroatoms. The van der Waals surface area contributed by atoms with E-state index < -0.39 is 0 Å². The van der Waals surface area contributed by atoms with Gasteiger partial charge in [0.1, 0.15) is 0 Å². The van der Waals surface area contributed by atoms with Crippen LogP contribution in [-0.2, 0) is 0 Å². The van der Waals surface area contributed by atoms with E-state index in [-0.39, 0.29) is 6.04 Å². The molecule has 0 radical (unpaired) electrons. The maximum Gasteiger partial charge on any atom is 0.191 e. The molecule has 0 heterocycles. The highest BCUT2D eigenvalue weighted by molar-refractivity contribution is 5.79. The van der Waals surface area contributed by atoms with Crippen LogP contribution < -0.4 is 20.1 Å². The molecule has 1 rings (SSSR count). The Morgan fingerprint density at radius 1 is 1.09 bits per heavy atom. The van der Waals surface area contributed by atoms with Gasteiger partial charge in [-0.1, -0.05) is 6.07 Å². The Kier molecular flexibility index (Phi) is 8.26. The van der Waals surface area contributed by atoms with Crippen LogP contribution in [0.4, 0.5) is 0 Å². The first-order valence-corrected chi connectivity index (χ1v) is 7.97. The molecule has 0 aliphatic rings. The zero-order valence-electron chi connectivity index (χ0n) is 15.1. The van der Waals surface area contributed by atoms with Gasteiger partial charge in [0.25, 0.3) is 0 Å². The van der Waals surface area contributed by atoms with Crippen molar-refractivity contribution in [1.82, 2.24) is 15.5 Å². The summed E-state index contributed by atoms with van der Waals surface area (Å²) >= 11 is 0. The van der Waals surface area contributed by atoms with E-state index in [1.54, 1.807) is 14.2 Å². The minimum atomic E-state index is 0.155. The monoisotopic (exact) mass is 322 g/mol. The number of rotatable bonds is 8. The lowest BCUT2D eigenvalue weighted by atomic mass is 10.1. The summed E-state index contributed by atoms with van der Waals surface area (Å²) in [5, 5.41) is 6.49. The SMILES string of the molecule is CCNC(=NCC(c1ccc(OC)c(OC)c1)N(C)C)NCC. The molecule has 0 aliphatic heterocycles. The lowest BCUT2D eigenvalue weighted by molar-refractivity contribution is 0.303. The predicted molar refractivity (Wildman–Crippen MR) is 95.6 cm³/mol. The summed E-state index contributed by atoms with van der Waals surface area (Å²) in [6, 6.07) is 6.16. The van der Waals surface area contributed by atoms with E-state index >= 15 is 0 Å². The van der Waals surface area contributed by atoms with Crippen molar-refractivity contribution in [1.29, 1.82) is 0 Å². The van der Waals surface area contributed by atoms with E-state index in [2.05, 4.69) is 54.5 Å². The Morgan fingerprint density at radius 3 is 2.17 bits per heavy atom. The predicted octanol–water partition coefficient (Wildman–Crippen LogP) is 1.88. The fourth-order valence-electron chi connectivity index (χ4n) is 2.31. The molecule has 6 nitrogen and oxygen atoms in total. The zero-order valence-corrected chi connectivity index (χ0v) is 15.1. The molecule has 1 aromatic rings. The summed E-state index contributed by atoms with van der Waals surface area (Å²) in [5.41, 5.74) is 1.14. The lowest BCUT2D eigenvalue weighted by Crippen LogP contribution is -2.37. The van der Waals surface area contributed by atoms with Crippen LogP contribution in [0.25, 0.3) is 0 Å². The van der Waals surface area contributed by atoms with Gasteiger partial charge in [-0.3, -0.25) is 4.99 Å². The topological polar surface area (TPSA) is 58.1 Å². The summed E-state index contributed by atoms with van der Waals surface area (Å²) < 4.78 is 10.7. The molecule has 0 bridgehead atoms. The minimum absolute atomic E-state index is 0.155. The zero-order chi connectivity index (χ0) is 17.2. The second kappa shape index (κ2) is 9.94. The van der Waals surface area contributed by atoms with Crippen LogP contribution in [0.15, 0.2) is 23.2 Å². The van der Waals surface area contributed by atoms with E-state index in [1.165, 1.54) is 0 Å². The highest BCUT2D eigenvalue weighted by Gasteiger charge is 2.16. The first kappa shape index (κ1) is 19.1. The molecule has 0 saturated carbocycles. The normalized spacial score (nSPS) is 11.8. The van der Waals surface area contributed by atoms with Crippen molar-refractivity contribution in [2.45, 2.75) is 19.9 Å². The number of hydrogen-bond acceptors (Lipinski definition) is 4. The Hall–Kier alpha value is -1.95. The van der Waals surface area contributed by atoms with Gasteiger partial charge < -0.3 is 25.0 Å². The molecule has 1 atom stereocenters. The third kappa shape index (κ3) is 5.63. The quantitative estimate of drug-likeness (QED) is 0.565. The maximum absolute atomic E-state index is 5.41. The third-order valence-electron chi connectivity index (χ3n) is 3.53. The maximum atomic E-state index is 5.41.